The van der Waals surface area contributed by atoms with Crippen molar-refractivity contribution in [2.45, 2.75) is 45.4 Å². The lowest BCUT2D eigenvalue weighted by Gasteiger charge is -2.25. The summed E-state index contributed by atoms with van der Waals surface area (Å²) in [5, 5.41) is 8.50. The molecule has 0 aromatic carbocycles. The molecular weight excluding hydrogens is 189 g/mol. The molecule has 0 N–H and O–H groups in total. The highest BCUT2D eigenvalue weighted by Gasteiger charge is 2.42. The van der Waals surface area contributed by atoms with Gasteiger partial charge < -0.3 is 0 Å². The molecule has 0 saturated heterocycles. The minimum Gasteiger partial charge on any atom is -0.198 e. The van der Waals surface area contributed by atoms with Crippen LogP contribution in [0, 0.1) is 11.3 Å². The quantitative estimate of drug-likeness (QED) is 0.641. The average Bonchev–Trinajstić information content (AvgIpc) is 1.99. The lowest BCUT2D eigenvalue weighted by atomic mass is 10.5. The molecule has 0 saturated carbocycles. The van der Waals surface area contributed by atoms with E-state index in [0.717, 1.165) is 6.16 Å². The van der Waals surface area contributed by atoms with E-state index in [1.54, 1.807) is 0 Å². The van der Waals surface area contributed by atoms with Crippen LogP contribution < -0.4 is 0 Å². The molecule has 1 nitrogen and oxygen atoms in total. The van der Waals surface area contributed by atoms with Crippen LogP contribution in [0.3, 0.4) is 0 Å². The lowest BCUT2D eigenvalue weighted by Crippen LogP contribution is -2.13. The first kappa shape index (κ1) is 12.2. The van der Waals surface area contributed by atoms with Crippen molar-refractivity contribution in [2.24, 2.45) is 0 Å². The lowest BCUT2D eigenvalue weighted by molar-refractivity contribution is 0.982. The third kappa shape index (κ3) is 2.92. The summed E-state index contributed by atoms with van der Waals surface area (Å²) >= 11 is 6.55. The van der Waals surface area contributed by atoms with Gasteiger partial charge in [-0.1, -0.05) is 0 Å². The third-order valence-corrected chi connectivity index (χ3v) is 9.48. The molecule has 0 aliphatic rings. The summed E-state index contributed by atoms with van der Waals surface area (Å²) in [6.07, 6.45) is 1.51. The highest BCUT2D eigenvalue weighted by Crippen LogP contribution is 2.71. The molecule has 0 amide bonds. The maximum absolute atomic E-state index is 8.50. The van der Waals surface area contributed by atoms with Crippen LogP contribution in [0.25, 0.3) is 0 Å². The SMILES string of the molecule is CC(C)[P+](Cl)(CCC#N)C(C)C. The third-order valence-electron chi connectivity index (χ3n) is 2.28. The smallest absolute Gasteiger partial charge is 0.119 e. The van der Waals surface area contributed by atoms with Crippen LogP contribution in [0.1, 0.15) is 34.1 Å². The van der Waals surface area contributed by atoms with Gasteiger partial charge in [0.1, 0.15) is 6.62 Å². The van der Waals surface area contributed by atoms with E-state index in [2.05, 4.69) is 33.8 Å². The van der Waals surface area contributed by atoms with Gasteiger partial charge in [0.2, 0.25) is 0 Å². The molecule has 0 aliphatic heterocycles. The monoisotopic (exact) mass is 206 g/mol. The molecular formula is C9H18ClNP+. The van der Waals surface area contributed by atoms with Gasteiger partial charge in [0.05, 0.1) is 41.2 Å². The topological polar surface area (TPSA) is 23.8 Å². The van der Waals surface area contributed by atoms with E-state index in [4.69, 9.17) is 16.5 Å². The molecule has 70 valence electrons. The van der Waals surface area contributed by atoms with E-state index in [1.807, 2.05) is 0 Å². The van der Waals surface area contributed by atoms with Gasteiger partial charge in [0.25, 0.3) is 0 Å². The van der Waals surface area contributed by atoms with Gasteiger partial charge >= 0.3 is 0 Å². The minimum absolute atomic E-state index is 0.535. The summed E-state index contributed by atoms with van der Waals surface area (Å²) in [4.78, 5) is 0. The standard InChI is InChI=1S/C9H18ClNP/c1-8(2)12(10,9(3)4)7-5-6-11/h8-9H,5,7H2,1-4H3/q+1. The zero-order valence-electron chi connectivity index (χ0n) is 8.34. The fourth-order valence-corrected chi connectivity index (χ4v) is 4.26. The zero-order valence-corrected chi connectivity index (χ0v) is 9.99. The number of rotatable bonds is 4. The van der Waals surface area contributed by atoms with Crippen molar-refractivity contribution in [2.75, 3.05) is 6.16 Å². The van der Waals surface area contributed by atoms with Crippen molar-refractivity contribution in [1.29, 1.82) is 5.26 Å². The summed E-state index contributed by atoms with van der Waals surface area (Å²) in [5.41, 5.74) is 1.07. The molecule has 0 fully saturated rings. The zero-order chi connectivity index (χ0) is 9.78. The summed E-state index contributed by atoms with van der Waals surface area (Å²) in [7, 11) is 0. The summed E-state index contributed by atoms with van der Waals surface area (Å²) in [6, 6.07) is 2.18. The Balaban J connectivity index is 4.31. The number of hydrogen-bond acceptors (Lipinski definition) is 1. The molecule has 0 radical (unpaired) electrons. The first-order valence-corrected chi connectivity index (χ1v) is 7.41. The summed E-state index contributed by atoms with van der Waals surface area (Å²) in [5.74, 6) is 0. The fourth-order valence-electron chi connectivity index (χ4n) is 1.33. The molecule has 0 heterocycles. The Hall–Kier alpha value is 0.210. The molecule has 12 heavy (non-hydrogen) atoms. The second-order valence-electron chi connectivity index (χ2n) is 3.65. The van der Waals surface area contributed by atoms with E-state index in [-0.39, 0.29) is 0 Å². The van der Waals surface area contributed by atoms with Crippen LogP contribution in [0.4, 0.5) is 0 Å². The van der Waals surface area contributed by atoms with Gasteiger partial charge in [-0.05, 0) is 27.7 Å². The van der Waals surface area contributed by atoms with Crippen molar-refractivity contribution in [3.8, 4) is 6.07 Å². The van der Waals surface area contributed by atoms with Crippen molar-refractivity contribution >= 4 is 17.9 Å². The summed E-state index contributed by atoms with van der Waals surface area (Å²) in [6.45, 7) is 7.28. The normalized spacial score (nSPS) is 12.2. The Morgan fingerprint density at radius 1 is 1.25 bits per heavy atom. The molecule has 0 unspecified atom stereocenters. The molecule has 0 aromatic rings. The van der Waals surface area contributed by atoms with Crippen LogP contribution >= 0.6 is 17.9 Å². The maximum Gasteiger partial charge on any atom is 0.119 e. The number of nitriles is 1. The minimum atomic E-state index is -1.38. The molecule has 0 aromatic heterocycles. The van der Waals surface area contributed by atoms with Crippen LogP contribution in [-0.2, 0) is 0 Å². The Bertz CT molecular complexity index is 164. The van der Waals surface area contributed by atoms with E-state index in [0.29, 0.717) is 17.7 Å². The van der Waals surface area contributed by atoms with Gasteiger partial charge in [-0.15, -0.1) is 0 Å². The highest BCUT2D eigenvalue weighted by atomic mass is 35.7. The van der Waals surface area contributed by atoms with E-state index >= 15 is 0 Å². The van der Waals surface area contributed by atoms with Gasteiger partial charge in [-0.2, -0.15) is 5.26 Å². The van der Waals surface area contributed by atoms with Gasteiger partial charge in [0.15, 0.2) is 0 Å². The Labute approximate surface area is 81.2 Å². The first-order chi connectivity index (χ1) is 5.45. The van der Waals surface area contributed by atoms with E-state index in [9.17, 15) is 0 Å². The van der Waals surface area contributed by atoms with Crippen molar-refractivity contribution < 1.29 is 0 Å². The number of hydrogen-bond donors (Lipinski definition) is 0. The van der Waals surface area contributed by atoms with E-state index < -0.39 is 6.62 Å². The number of halogens is 1. The molecule has 0 bridgehead atoms. The largest absolute Gasteiger partial charge is 0.198 e. The van der Waals surface area contributed by atoms with Gasteiger partial charge in [-0.25, -0.2) is 0 Å². The fraction of sp³-hybridized carbons (Fsp3) is 0.889. The predicted octanol–water partition coefficient (Wildman–Crippen LogP) is 3.89. The van der Waals surface area contributed by atoms with Crippen molar-refractivity contribution in [1.82, 2.24) is 0 Å². The van der Waals surface area contributed by atoms with Crippen LogP contribution in [0.5, 0.6) is 0 Å². The van der Waals surface area contributed by atoms with Gasteiger partial charge in [-0.3, -0.25) is 0 Å². The maximum atomic E-state index is 8.50. The van der Waals surface area contributed by atoms with Crippen LogP contribution in [0.15, 0.2) is 0 Å². The number of nitrogens with zero attached hydrogens (tertiary/aromatic N) is 1. The Morgan fingerprint density at radius 2 is 1.67 bits per heavy atom. The predicted molar refractivity (Wildman–Crippen MR) is 58.1 cm³/mol. The van der Waals surface area contributed by atoms with E-state index in [1.165, 1.54) is 0 Å². The molecule has 0 aliphatic carbocycles. The second-order valence-corrected chi connectivity index (χ2v) is 9.71. The molecule has 0 rings (SSSR count). The molecule has 0 spiro atoms. The van der Waals surface area contributed by atoms with Crippen molar-refractivity contribution in [3.05, 3.63) is 0 Å². The van der Waals surface area contributed by atoms with Crippen molar-refractivity contribution in [3.63, 3.8) is 0 Å². The molecule has 3 heteroatoms. The first-order valence-electron chi connectivity index (χ1n) is 4.39. The van der Waals surface area contributed by atoms with Crippen LogP contribution in [0.2, 0.25) is 0 Å². The Kier molecular flexibility index (Phi) is 5.14. The Morgan fingerprint density at radius 3 is 1.92 bits per heavy atom. The highest BCUT2D eigenvalue weighted by molar-refractivity contribution is 7.99. The summed E-state index contributed by atoms with van der Waals surface area (Å²) < 4.78 is 0. The van der Waals surface area contributed by atoms with Gasteiger partial charge in [0, 0.05) is 0 Å². The average molecular weight is 207 g/mol. The molecule has 0 atom stereocenters. The van der Waals surface area contributed by atoms with Crippen LogP contribution in [-0.4, -0.2) is 17.5 Å². The second kappa shape index (κ2) is 5.05.